The second kappa shape index (κ2) is 6.44. The average molecular weight is 283 g/mol. The average Bonchev–Trinajstić information content (AvgIpc) is 3.34. The molecule has 1 fully saturated rings. The molecule has 0 radical (unpaired) electrons. The Balaban J connectivity index is 1.96. The van der Waals surface area contributed by atoms with Crippen molar-refractivity contribution in [1.82, 2.24) is 10.3 Å². The van der Waals surface area contributed by atoms with Crippen LogP contribution in [0.25, 0.3) is 10.8 Å². The molecule has 1 aromatic carbocycles. The number of aromatic nitrogens is 1. The summed E-state index contributed by atoms with van der Waals surface area (Å²) in [6, 6.07) is 11.6. The van der Waals surface area contributed by atoms with E-state index in [0.29, 0.717) is 0 Å². The molecular formula is C18H25N3. The molecular weight excluding hydrogens is 258 g/mol. The van der Waals surface area contributed by atoms with Crippen molar-refractivity contribution < 1.29 is 0 Å². The van der Waals surface area contributed by atoms with E-state index in [9.17, 15) is 0 Å². The molecule has 0 bridgehead atoms. The van der Waals surface area contributed by atoms with Crippen LogP contribution in [0.5, 0.6) is 0 Å². The first kappa shape index (κ1) is 14.3. The summed E-state index contributed by atoms with van der Waals surface area (Å²) in [5.41, 5.74) is 1.16. The Morgan fingerprint density at radius 1 is 1.24 bits per heavy atom. The number of anilines is 1. The first-order chi connectivity index (χ1) is 10.3. The molecule has 0 atom stereocenters. The molecule has 1 saturated carbocycles. The minimum atomic E-state index is 0.722. The van der Waals surface area contributed by atoms with Gasteiger partial charge in [-0.25, -0.2) is 4.98 Å². The predicted molar refractivity (Wildman–Crippen MR) is 89.8 cm³/mol. The zero-order valence-electron chi connectivity index (χ0n) is 13.1. The van der Waals surface area contributed by atoms with Crippen LogP contribution in [-0.2, 0) is 6.54 Å². The first-order valence-electron chi connectivity index (χ1n) is 8.18. The normalized spacial score (nSPS) is 14.6. The van der Waals surface area contributed by atoms with Crippen molar-refractivity contribution in [3.63, 3.8) is 0 Å². The van der Waals surface area contributed by atoms with Gasteiger partial charge in [0.05, 0.1) is 5.69 Å². The lowest BCUT2D eigenvalue weighted by Crippen LogP contribution is -2.25. The minimum Gasteiger partial charge on any atom is -0.356 e. The van der Waals surface area contributed by atoms with Gasteiger partial charge >= 0.3 is 0 Å². The maximum absolute atomic E-state index is 4.95. The number of hydrogen-bond acceptors (Lipinski definition) is 3. The SMILES string of the molecule is CCCN(CC)c1nc(CNC2CC2)cc2ccccc12. The van der Waals surface area contributed by atoms with Crippen LogP contribution in [0.15, 0.2) is 30.3 Å². The Bertz CT molecular complexity index is 604. The van der Waals surface area contributed by atoms with Gasteiger partial charge in [0.15, 0.2) is 0 Å². The minimum absolute atomic E-state index is 0.722. The molecule has 3 heteroatoms. The molecule has 0 spiro atoms. The Hall–Kier alpha value is -1.61. The van der Waals surface area contributed by atoms with Crippen molar-refractivity contribution in [3.05, 3.63) is 36.0 Å². The van der Waals surface area contributed by atoms with Crippen LogP contribution in [0.2, 0.25) is 0 Å². The van der Waals surface area contributed by atoms with Gasteiger partial charge in [0.1, 0.15) is 5.82 Å². The van der Waals surface area contributed by atoms with E-state index in [1.54, 1.807) is 0 Å². The zero-order chi connectivity index (χ0) is 14.7. The summed E-state index contributed by atoms with van der Waals surface area (Å²) in [5, 5.41) is 6.14. The van der Waals surface area contributed by atoms with Crippen LogP contribution in [0.3, 0.4) is 0 Å². The molecule has 0 amide bonds. The zero-order valence-corrected chi connectivity index (χ0v) is 13.1. The third kappa shape index (κ3) is 3.35. The molecule has 21 heavy (non-hydrogen) atoms. The van der Waals surface area contributed by atoms with E-state index in [1.807, 2.05) is 0 Å². The summed E-state index contributed by atoms with van der Waals surface area (Å²) < 4.78 is 0. The molecule has 0 saturated heterocycles. The van der Waals surface area contributed by atoms with E-state index in [2.05, 4.69) is 54.4 Å². The summed E-state index contributed by atoms with van der Waals surface area (Å²) in [6.45, 7) is 7.38. The van der Waals surface area contributed by atoms with Crippen LogP contribution < -0.4 is 10.2 Å². The lowest BCUT2D eigenvalue weighted by atomic mass is 10.1. The van der Waals surface area contributed by atoms with Crippen molar-refractivity contribution in [2.45, 2.75) is 45.7 Å². The summed E-state index contributed by atoms with van der Waals surface area (Å²) in [7, 11) is 0. The third-order valence-electron chi connectivity index (χ3n) is 4.10. The third-order valence-corrected chi connectivity index (χ3v) is 4.10. The number of benzene rings is 1. The number of rotatable bonds is 7. The molecule has 3 rings (SSSR count). The van der Waals surface area contributed by atoms with Gasteiger partial charge in [0.25, 0.3) is 0 Å². The second-order valence-electron chi connectivity index (χ2n) is 5.89. The monoisotopic (exact) mass is 283 g/mol. The van der Waals surface area contributed by atoms with Crippen LogP contribution in [-0.4, -0.2) is 24.1 Å². The predicted octanol–water partition coefficient (Wildman–Crippen LogP) is 3.72. The van der Waals surface area contributed by atoms with Gasteiger partial charge in [-0.3, -0.25) is 0 Å². The van der Waals surface area contributed by atoms with E-state index >= 15 is 0 Å². The Morgan fingerprint density at radius 2 is 2.05 bits per heavy atom. The Kier molecular flexibility index (Phi) is 4.39. The lowest BCUT2D eigenvalue weighted by Gasteiger charge is -2.23. The van der Waals surface area contributed by atoms with Crippen LogP contribution in [0, 0.1) is 0 Å². The fourth-order valence-electron chi connectivity index (χ4n) is 2.79. The van der Waals surface area contributed by atoms with E-state index in [4.69, 9.17) is 4.98 Å². The standard InChI is InChI=1S/C18H25N3/c1-3-11-21(4-2)18-17-8-6-5-7-14(17)12-16(20-18)13-19-15-9-10-15/h5-8,12,15,19H,3-4,9-11,13H2,1-2H3. The van der Waals surface area contributed by atoms with E-state index < -0.39 is 0 Å². The Morgan fingerprint density at radius 3 is 2.76 bits per heavy atom. The topological polar surface area (TPSA) is 28.2 Å². The van der Waals surface area contributed by atoms with Gasteiger partial charge in [0.2, 0.25) is 0 Å². The molecule has 1 heterocycles. The fourth-order valence-corrected chi connectivity index (χ4v) is 2.79. The van der Waals surface area contributed by atoms with Crippen molar-refractivity contribution in [2.75, 3.05) is 18.0 Å². The van der Waals surface area contributed by atoms with E-state index in [-0.39, 0.29) is 0 Å². The quantitative estimate of drug-likeness (QED) is 0.839. The summed E-state index contributed by atoms with van der Waals surface area (Å²) in [5.74, 6) is 1.14. The van der Waals surface area contributed by atoms with Crippen molar-refractivity contribution >= 4 is 16.6 Å². The van der Waals surface area contributed by atoms with Gasteiger partial charge in [-0.1, -0.05) is 31.2 Å². The second-order valence-corrected chi connectivity index (χ2v) is 5.89. The number of fused-ring (bicyclic) bond motifs is 1. The molecule has 0 unspecified atom stereocenters. The molecule has 1 N–H and O–H groups in total. The largest absolute Gasteiger partial charge is 0.356 e. The fraction of sp³-hybridized carbons (Fsp3) is 0.500. The molecule has 0 aliphatic heterocycles. The van der Waals surface area contributed by atoms with Crippen LogP contribution >= 0.6 is 0 Å². The number of nitrogens with one attached hydrogen (secondary N) is 1. The number of pyridine rings is 1. The highest BCUT2D eigenvalue weighted by atomic mass is 15.2. The molecule has 2 aromatic rings. The summed E-state index contributed by atoms with van der Waals surface area (Å²) in [6.07, 6.45) is 3.78. The number of nitrogens with zero attached hydrogens (tertiary/aromatic N) is 2. The van der Waals surface area contributed by atoms with Crippen molar-refractivity contribution in [1.29, 1.82) is 0 Å². The summed E-state index contributed by atoms with van der Waals surface area (Å²) >= 11 is 0. The molecule has 1 aliphatic rings. The maximum Gasteiger partial charge on any atom is 0.136 e. The van der Waals surface area contributed by atoms with Crippen molar-refractivity contribution in [2.24, 2.45) is 0 Å². The van der Waals surface area contributed by atoms with Crippen LogP contribution in [0.1, 0.15) is 38.8 Å². The molecule has 3 nitrogen and oxygen atoms in total. The first-order valence-corrected chi connectivity index (χ1v) is 8.18. The highest BCUT2D eigenvalue weighted by molar-refractivity contribution is 5.92. The van der Waals surface area contributed by atoms with Gasteiger partial charge in [0, 0.05) is 31.1 Å². The Labute approximate surface area is 127 Å². The summed E-state index contributed by atoms with van der Waals surface area (Å²) in [4.78, 5) is 7.35. The van der Waals surface area contributed by atoms with Gasteiger partial charge < -0.3 is 10.2 Å². The van der Waals surface area contributed by atoms with Gasteiger partial charge in [-0.2, -0.15) is 0 Å². The molecule has 112 valence electrons. The maximum atomic E-state index is 4.95. The smallest absolute Gasteiger partial charge is 0.136 e. The van der Waals surface area contributed by atoms with E-state index in [0.717, 1.165) is 43.6 Å². The van der Waals surface area contributed by atoms with Gasteiger partial charge in [-0.05, 0) is 37.6 Å². The highest BCUT2D eigenvalue weighted by Gasteiger charge is 2.20. The highest BCUT2D eigenvalue weighted by Crippen LogP contribution is 2.26. The van der Waals surface area contributed by atoms with Gasteiger partial charge in [-0.15, -0.1) is 0 Å². The van der Waals surface area contributed by atoms with Crippen LogP contribution in [0.4, 0.5) is 5.82 Å². The van der Waals surface area contributed by atoms with Crippen molar-refractivity contribution in [3.8, 4) is 0 Å². The number of hydrogen-bond donors (Lipinski definition) is 1. The molecule has 1 aliphatic carbocycles. The molecule has 1 aromatic heterocycles. The lowest BCUT2D eigenvalue weighted by molar-refractivity contribution is 0.673. The van der Waals surface area contributed by atoms with E-state index in [1.165, 1.54) is 23.6 Å².